The molecule has 0 saturated heterocycles. The Morgan fingerprint density at radius 2 is 1.92 bits per heavy atom. The highest BCUT2D eigenvalue weighted by molar-refractivity contribution is 7.88. The minimum absolute atomic E-state index is 0.0612. The van der Waals surface area contributed by atoms with E-state index in [0.717, 1.165) is 4.88 Å². The smallest absolute Gasteiger partial charge is 0.216 e. The Bertz CT molecular complexity index is 978. The van der Waals surface area contributed by atoms with Crippen LogP contribution in [0.2, 0.25) is 0 Å². The van der Waals surface area contributed by atoms with Crippen molar-refractivity contribution < 1.29 is 17.6 Å². The number of hydrogen-bond acceptors (Lipinski definition) is 5. The summed E-state index contributed by atoms with van der Waals surface area (Å²) in [4.78, 5) is 14.2. The summed E-state index contributed by atoms with van der Waals surface area (Å²) in [6.07, 6.45) is 0. The summed E-state index contributed by atoms with van der Waals surface area (Å²) in [6.45, 7) is 0.0973. The Morgan fingerprint density at radius 1 is 1.08 bits per heavy atom. The second-order valence-electron chi connectivity index (χ2n) is 5.28. The molecule has 4 nitrogen and oxygen atoms in total. The summed E-state index contributed by atoms with van der Waals surface area (Å²) in [5.41, 5.74) is 0.382. The van der Waals surface area contributed by atoms with Gasteiger partial charge in [-0.05, 0) is 41.3 Å². The molecule has 3 aromatic rings. The molecule has 3 rings (SSSR count). The van der Waals surface area contributed by atoms with Crippen molar-refractivity contribution in [2.24, 2.45) is 0 Å². The van der Waals surface area contributed by atoms with Gasteiger partial charge in [0.2, 0.25) is 15.8 Å². The molecule has 25 heavy (non-hydrogen) atoms. The molecule has 0 amide bonds. The van der Waals surface area contributed by atoms with Gasteiger partial charge in [-0.25, -0.2) is 17.5 Å². The Labute approximate surface area is 153 Å². The van der Waals surface area contributed by atoms with Crippen molar-refractivity contribution in [3.8, 4) is 0 Å². The van der Waals surface area contributed by atoms with Gasteiger partial charge in [0.15, 0.2) is 0 Å². The third-order valence-electron chi connectivity index (χ3n) is 3.34. The average Bonchev–Trinajstić information content (AvgIpc) is 3.24. The van der Waals surface area contributed by atoms with E-state index < -0.39 is 15.8 Å². The van der Waals surface area contributed by atoms with Crippen LogP contribution < -0.4 is 4.72 Å². The zero-order chi connectivity index (χ0) is 17.9. The van der Waals surface area contributed by atoms with Crippen LogP contribution in [0.3, 0.4) is 0 Å². The third kappa shape index (κ3) is 4.82. The van der Waals surface area contributed by atoms with Crippen LogP contribution in [0.25, 0.3) is 0 Å². The highest BCUT2D eigenvalue weighted by Crippen LogP contribution is 2.22. The Hall–Kier alpha value is -1.87. The second-order valence-corrected chi connectivity index (χ2v) is 9.21. The van der Waals surface area contributed by atoms with Crippen molar-refractivity contribution in [2.75, 3.05) is 0 Å². The molecule has 0 aliphatic carbocycles. The van der Waals surface area contributed by atoms with Gasteiger partial charge in [0.05, 0.1) is 15.5 Å². The quantitative estimate of drug-likeness (QED) is 0.619. The number of thiophene rings is 2. The van der Waals surface area contributed by atoms with E-state index in [1.165, 1.54) is 40.9 Å². The average molecular weight is 396 g/mol. The van der Waals surface area contributed by atoms with Crippen LogP contribution in [0.15, 0.2) is 53.9 Å². The number of nitrogens with one attached hydrogen (secondary N) is 1. The molecule has 2 aromatic heterocycles. The molecular formula is C17H14FNO3S3. The maximum Gasteiger partial charge on any atom is 0.216 e. The lowest BCUT2D eigenvalue weighted by Crippen LogP contribution is -2.24. The van der Waals surface area contributed by atoms with Crippen LogP contribution in [0.5, 0.6) is 0 Å². The van der Waals surface area contributed by atoms with Gasteiger partial charge in [0, 0.05) is 11.4 Å². The molecule has 0 aliphatic heterocycles. The predicted molar refractivity (Wildman–Crippen MR) is 97.9 cm³/mol. The third-order valence-corrected chi connectivity index (χ3v) is 6.59. The highest BCUT2D eigenvalue weighted by atomic mass is 32.2. The molecule has 0 radical (unpaired) electrons. The number of rotatable bonds is 7. The van der Waals surface area contributed by atoms with E-state index in [-0.39, 0.29) is 18.1 Å². The Morgan fingerprint density at radius 3 is 2.64 bits per heavy atom. The first-order chi connectivity index (χ1) is 11.9. The molecule has 0 aliphatic rings. The van der Waals surface area contributed by atoms with Gasteiger partial charge in [-0.1, -0.05) is 18.2 Å². The van der Waals surface area contributed by atoms with Crippen LogP contribution in [0.4, 0.5) is 4.39 Å². The monoisotopic (exact) mass is 395 g/mol. The number of ketones is 1. The SMILES string of the molecule is O=C(c1cccs1)c1ccc(CNS(=O)(=O)Cc2cccc(F)c2)s1. The zero-order valence-electron chi connectivity index (χ0n) is 12.9. The van der Waals surface area contributed by atoms with Crippen molar-refractivity contribution in [2.45, 2.75) is 12.3 Å². The van der Waals surface area contributed by atoms with Crippen molar-refractivity contribution in [3.05, 3.63) is 79.9 Å². The van der Waals surface area contributed by atoms with Crippen LogP contribution in [-0.2, 0) is 22.3 Å². The Balaban J connectivity index is 1.62. The van der Waals surface area contributed by atoms with E-state index in [1.807, 2.05) is 11.4 Å². The summed E-state index contributed by atoms with van der Waals surface area (Å²) in [6, 6.07) is 12.5. The molecule has 8 heteroatoms. The maximum absolute atomic E-state index is 13.1. The standard InChI is InChI=1S/C17H14FNO3S3/c18-13-4-1-3-12(9-13)11-25(21,22)19-10-14-6-7-16(24-14)17(20)15-5-2-8-23-15/h1-9,19H,10-11H2. The van der Waals surface area contributed by atoms with Crippen LogP contribution in [0, 0.1) is 5.82 Å². The topological polar surface area (TPSA) is 63.2 Å². The summed E-state index contributed by atoms with van der Waals surface area (Å²) in [7, 11) is -3.60. The first-order valence-electron chi connectivity index (χ1n) is 7.32. The summed E-state index contributed by atoms with van der Waals surface area (Å²) >= 11 is 2.63. The van der Waals surface area contributed by atoms with Crippen molar-refractivity contribution >= 4 is 38.5 Å². The number of sulfonamides is 1. The molecule has 0 saturated carbocycles. The molecule has 1 N–H and O–H groups in total. The van der Waals surface area contributed by atoms with Gasteiger partial charge in [0.25, 0.3) is 0 Å². The number of hydrogen-bond donors (Lipinski definition) is 1. The molecule has 0 fully saturated rings. The van der Waals surface area contributed by atoms with Gasteiger partial charge < -0.3 is 0 Å². The molecule has 0 bridgehead atoms. The second kappa shape index (κ2) is 7.57. The van der Waals surface area contributed by atoms with E-state index in [0.29, 0.717) is 15.3 Å². The van der Waals surface area contributed by atoms with Gasteiger partial charge in [0.1, 0.15) is 5.82 Å². The first-order valence-corrected chi connectivity index (χ1v) is 10.7. The van der Waals surface area contributed by atoms with Crippen molar-refractivity contribution in [1.82, 2.24) is 4.72 Å². The lowest BCUT2D eigenvalue weighted by molar-refractivity contribution is 0.104. The van der Waals surface area contributed by atoms with Gasteiger partial charge in [-0.3, -0.25) is 4.79 Å². The summed E-state index contributed by atoms with van der Waals surface area (Å²) in [5, 5.41) is 1.84. The lowest BCUT2D eigenvalue weighted by atomic mass is 10.2. The normalized spacial score (nSPS) is 11.6. The molecule has 0 atom stereocenters. The molecular weight excluding hydrogens is 381 g/mol. The predicted octanol–water partition coefficient (Wildman–Crippen LogP) is 3.80. The van der Waals surface area contributed by atoms with Gasteiger partial charge in [-0.2, -0.15) is 0 Å². The number of carbonyl (C=O) groups excluding carboxylic acids is 1. The number of carbonyl (C=O) groups is 1. The Kier molecular flexibility index (Phi) is 5.43. The van der Waals surface area contributed by atoms with Gasteiger partial charge >= 0.3 is 0 Å². The van der Waals surface area contributed by atoms with Crippen LogP contribution in [0.1, 0.15) is 25.0 Å². The molecule has 0 spiro atoms. The van der Waals surface area contributed by atoms with Gasteiger partial charge in [-0.15, -0.1) is 22.7 Å². The van der Waals surface area contributed by atoms with Crippen molar-refractivity contribution in [1.29, 1.82) is 0 Å². The van der Waals surface area contributed by atoms with Crippen LogP contribution >= 0.6 is 22.7 Å². The van der Waals surface area contributed by atoms with E-state index in [1.54, 1.807) is 24.3 Å². The number of halogens is 1. The molecule has 130 valence electrons. The lowest BCUT2D eigenvalue weighted by Gasteiger charge is -2.06. The van der Waals surface area contributed by atoms with E-state index in [2.05, 4.69) is 4.72 Å². The minimum atomic E-state index is -3.60. The molecule has 1 aromatic carbocycles. The fourth-order valence-corrected chi connectivity index (χ4v) is 5.03. The van der Waals surface area contributed by atoms with E-state index in [9.17, 15) is 17.6 Å². The number of benzene rings is 1. The molecule has 0 unspecified atom stereocenters. The molecule has 2 heterocycles. The fourth-order valence-electron chi connectivity index (χ4n) is 2.20. The van der Waals surface area contributed by atoms with E-state index >= 15 is 0 Å². The fraction of sp³-hybridized carbons (Fsp3) is 0.118. The van der Waals surface area contributed by atoms with E-state index in [4.69, 9.17) is 0 Å². The summed E-state index contributed by atoms with van der Waals surface area (Å²) in [5.74, 6) is -0.825. The van der Waals surface area contributed by atoms with Crippen molar-refractivity contribution in [3.63, 3.8) is 0 Å². The summed E-state index contributed by atoms with van der Waals surface area (Å²) < 4.78 is 39.9. The zero-order valence-corrected chi connectivity index (χ0v) is 15.4. The highest BCUT2D eigenvalue weighted by Gasteiger charge is 2.15. The first kappa shape index (κ1) is 17.9. The largest absolute Gasteiger partial charge is 0.287 e. The van der Waals surface area contributed by atoms with Crippen LogP contribution in [-0.4, -0.2) is 14.2 Å². The minimum Gasteiger partial charge on any atom is -0.287 e. The maximum atomic E-state index is 13.1.